The van der Waals surface area contributed by atoms with Crippen molar-refractivity contribution in [1.29, 1.82) is 0 Å². The molecule has 1 aromatic heterocycles. The van der Waals surface area contributed by atoms with Gasteiger partial charge < -0.3 is 9.52 Å². The molecule has 1 atom stereocenters. The molecule has 1 N–H and O–H groups in total. The number of nitrogens with zero attached hydrogens (tertiary/aromatic N) is 2. The molecule has 8 heteroatoms. The Morgan fingerprint density at radius 2 is 1.96 bits per heavy atom. The van der Waals surface area contributed by atoms with E-state index in [-0.39, 0.29) is 22.0 Å². The van der Waals surface area contributed by atoms with Crippen molar-refractivity contribution >= 4 is 11.6 Å². The number of furan rings is 1. The van der Waals surface area contributed by atoms with Gasteiger partial charge in [-0.15, -0.1) is 0 Å². The van der Waals surface area contributed by atoms with Crippen molar-refractivity contribution in [3.05, 3.63) is 59.5 Å². The maximum atomic E-state index is 13.4. The monoisotopic (exact) mass is 338 g/mol. The van der Waals surface area contributed by atoms with Crippen LogP contribution in [-0.4, -0.2) is 33.6 Å². The van der Waals surface area contributed by atoms with Crippen LogP contribution in [0.2, 0.25) is 0 Å². The summed E-state index contributed by atoms with van der Waals surface area (Å²) in [6.45, 7) is 1.44. The number of carbonyl (C=O) groups excluding carboxylic acids is 1. The summed E-state index contributed by atoms with van der Waals surface area (Å²) in [5.41, 5.74) is -3.11. The Morgan fingerprint density at radius 1 is 1.29 bits per heavy atom. The number of carbonyl (C=O) groups is 1. The predicted molar refractivity (Wildman–Crippen MR) is 78.2 cm³/mol. The number of benzene rings is 1. The maximum absolute atomic E-state index is 13.4. The molecule has 0 unspecified atom stereocenters. The van der Waals surface area contributed by atoms with Crippen LogP contribution in [0.3, 0.4) is 0 Å². The van der Waals surface area contributed by atoms with Gasteiger partial charge in [0.15, 0.2) is 0 Å². The number of hydrogen-bond donors (Lipinski definition) is 1. The number of aryl methyl sites for hydroxylation is 1. The summed E-state index contributed by atoms with van der Waals surface area (Å²) < 4.78 is 45.3. The van der Waals surface area contributed by atoms with Crippen LogP contribution in [0.25, 0.3) is 0 Å². The Bertz CT molecular complexity index is 798. The molecule has 5 nitrogen and oxygen atoms in total. The molecule has 3 rings (SSSR count). The van der Waals surface area contributed by atoms with E-state index in [1.807, 2.05) is 0 Å². The minimum Gasteiger partial charge on any atom is -0.469 e. The van der Waals surface area contributed by atoms with E-state index >= 15 is 0 Å². The summed E-state index contributed by atoms with van der Waals surface area (Å²) in [6, 6.07) is 9.33. The molecule has 0 spiro atoms. The number of alkyl halides is 3. The first kappa shape index (κ1) is 16.3. The van der Waals surface area contributed by atoms with Crippen molar-refractivity contribution < 1.29 is 27.5 Å². The molecule has 1 aliphatic heterocycles. The van der Waals surface area contributed by atoms with Crippen LogP contribution in [0.15, 0.2) is 52.2 Å². The normalized spacial score (nSPS) is 21.0. The van der Waals surface area contributed by atoms with Crippen molar-refractivity contribution in [1.82, 2.24) is 5.01 Å². The second-order valence-electron chi connectivity index (χ2n) is 5.41. The molecule has 0 bridgehead atoms. The molecule has 24 heavy (non-hydrogen) atoms. The summed E-state index contributed by atoms with van der Waals surface area (Å²) in [7, 11) is 0. The highest BCUT2D eigenvalue weighted by atomic mass is 19.4. The van der Waals surface area contributed by atoms with E-state index in [9.17, 15) is 23.1 Å². The van der Waals surface area contributed by atoms with Crippen molar-refractivity contribution in [3.8, 4) is 0 Å². The number of rotatable bonds is 2. The minimum absolute atomic E-state index is 0.0232. The lowest BCUT2D eigenvalue weighted by Gasteiger charge is -2.32. The minimum atomic E-state index is -5.07. The predicted octanol–water partition coefficient (Wildman–Crippen LogP) is 3.09. The van der Waals surface area contributed by atoms with Gasteiger partial charge in [0.2, 0.25) is 0 Å². The van der Waals surface area contributed by atoms with Gasteiger partial charge in [-0.2, -0.15) is 23.3 Å². The Labute approximate surface area is 135 Å². The molecule has 1 aromatic carbocycles. The summed E-state index contributed by atoms with van der Waals surface area (Å²) in [4.78, 5) is 12.5. The first-order chi connectivity index (χ1) is 11.2. The fourth-order valence-electron chi connectivity index (χ4n) is 2.49. The van der Waals surface area contributed by atoms with Crippen molar-refractivity contribution in [2.75, 3.05) is 0 Å². The highest BCUT2D eigenvalue weighted by Gasteiger charge is 2.63. The highest BCUT2D eigenvalue weighted by molar-refractivity contribution is 6.05. The van der Waals surface area contributed by atoms with Crippen LogP contribution in [0, 0.1) is 6.92 Å². The van der Waals surface area contributed by atoms with Crippen LogP contribution in [0.5, 0.6) is 0 Å². The summed E-state index contributed by atoms with van der Waals surface area (Å²) in [5.74, 6) is -0.931. The van der Waals surface area contributed by atoms with Gasteiger partial charge in [-0.25, -0.2) is 0 Å². The Balaban J connectivity index is 2.06. The number of hydrazone groups is 1. The number of aliphatic hydroxyl groups is 1. The molecule has 0 radical (unpaired) electrons. The fourth-order valence-corrected chi connectivity index (χ4v) is 2.49. The van der Waals surface area contributed by atoms with E-state index < -0.39 is 24.2 Å². The average Bonchev–Trinajstić information content (AvgIpc) is 3.11. The van der Waals surface area contributed by atoms with Gasteiger partial charge in [0, 0.05) is 0 Å². The Kier molecular flexibility index (Phi) is 3.71. The quantitative estimate of drug-likeness (QED) is 0.915. The van der Waals surface area contributed by atoms with E-state index in [0.29, 0.717) is 5.56 Å². The molecule has 0 fully saturated rings. The highest BCUT2D eigenvalue weighted by Crippen LogP contribution is 2.42. The van der Waals surface area contributed by atoms with Crippen LogP contribution >= 0.6 is 0 Å². The van der Waals surface area contributed by atoms with Gasteiger partial charge in [0.25, 0.3) is 11.6 Å². The van der Waals surface area contributed by atoms with Crippen molar-refractivity contribution in [2.24, 2.45) is 5.10 Å². The van der Waals surface area contributed by atoms with Crippen molar-refractivity contribution in [3.63, 3.8) is 0 Å². The molecule has 0 saturated heterocycles. The van der Waals surface area contributed by atoms with E-state index in [1.54, 1.807) is 30.3 Å². The third-order valence-corrected chi connectivity index (χ3v) is 3.83. The summed E-state index contributed by atoms with van der Waals surface area (Å²) in [5, 5.41) is 14.1. The molecular formula is C16H13F3N2O3. The van der Waals surface area contributed by atoms with Crippen LogP contribution in [0.4, 0.5) is 13.2 Å². The van der Waals surface area contributed by atoms with E-state index in [4.69, 9.17) is 4.42 Å². The molecule has 2 heterocycles. The van der Waals surface area contributed by atoms with Crippen molar-refractivity contribution in [2.45, 2.75) is 25.2 Å². The largest absolute Gasteiger partial charge is 0.469 e. The average molecular weight is 338 g/mol. The van der Waals surface area contributed by atoms with E-state index in [2.05, 4.69) is 5.10 Å². The lowest BCUT2D eigenvalue weighted by Crippen LogP contribution is -2.56. The maximum Gasteiger partial charge on any atom is 0.438 e. The first-order valence-corrected chi connectivity index (χ1v) is 7.05. The van der Waals surface area contributed by atoms with Gasteiger partial charge in [-0.05, 0) is 18.6 Å². The molecular weight excluding hydrogens is 325 g/mol. The standard InChI is InChI=1S/C16H13F3N2O3/c1-10-12(7-8-24-10)14(22)21-15(23,16(17,18)19)9-13(20-21)11-5-3-2-4-6-11/h2-8,23H,9H2,1H3/t15-/m0/s1. The van der Waals surface area contributed by atoms with Gasteiger partial charge >= 0.3 is 6.18 Å². The second kappa shape index (κ2) is 5.48. The van der Waals surface area contributed by atoms with E-state index in [1.165, 1.54) is 19.3 Å². The smallest absolute Gasteiger partial charge is 0.438 e. The topological polar surface area (TPSA) is 66.0 Å². The van der Waals surface area contributed by atoms with Gasteiger partial charge in [0.05, 0.1) is 24.0 Å². The summed E-state index contributed by atoms with van der Waals surface area (Å²) >= 11 is 0. The third kappa shape index (κ3) is 2.48. The number of hydrogen-bond acceptors (Lipinski definition) is 4. The van der Waals surface area contributed by atoms with Gasteiger partial charge in [-0.1, -0.05) is 30.3 Å². The summed E-state index contributed by atoms with van der Waals surface area (Å²) in [6.07, 6.45) is -4.73. The first-order valence-electron chi connectivity index (χ1n) is 7.05. The van der Waals surface area contributed by atoms with Gasteiger partial charge in [0.1, 0.15) is 5.76 Å². The number of halogens is 3. The van der Waals surface area contributed by atoms with Crippen LogP contribution in [0.1, 0.15) is 28.1 Å². The SMILES string of the molecule is Cc1occc1C(=O)N1N=C(c2ccccc2)C[C@]1(O)C(F)(F)F. The zero-order valence-corrected chi connectivity index (χ0v) is 12.5. The van der Waals surface area contributed by atoms with Crippen LogP contribution < -0.4 is 0 Å². The Morgan fingerprint density at radius 3 is 2.50 bits per heavy atom. The lowest BCUT2D eigenvalue weighted by atomic mass is 10.0. The van der Waals surface area contributed by atoms with Crippen LogP contribution in [-0.2, 0) is 0 Å². The van der Waals surface area contributed by atoms with Gasteiger partial charge in [-0.3, -0.25) is 4.79 Å². The zero-order valence-electron chi connectivity index (χ0n) is 12.5. The third-order valence-electron chi connectivity index (χ3n) is 3.83. The lowest BCUT2D eigenvalue weighted by molar-refractivity contribution is -0.297. The molecule has 1 amide bonds. The van der Waals surface area contributed by atoms with E-state index in [0.717, 1.165) is 0 Å². The molecule has 126 valence electrons. The second-order valence-corrected chi connectivity index (χ2v) is 5.41. The molecule has 1 aliphatic rings. The zero-order chi connectivity index (χ0) is 17.5. The number of amides is 1. The Hall–Kier alpha value is -2.61. The molecule has 2 aromatic rings. The molecule has 0 saturated carbocycles. The fraction of sp³-hybridized carbons (Fsp3) is 0.250. The molecule has 0 aliphatic carbocycles.